The molecule has 82 valence electrons. The zero-order valence-corrected chi connectivity index (χ0v) is 8.62. The summed E-state index contributed by atoms with van der Waals surface area (Å²) in [6, 6.07) is 3.32. The number of nitrogens with two attached hydrogens (primary N) is 3. The SMILES string of the molecule is NNC(=S)NN.Nc1cccnc1C=O. The molecule has 1 aromatic rings. The van der Waals surface area contributed by atoms with Crippen LogP contribution in [0, 0.1) is 0 Å². The summed E-state index contributed by atoms with van der Waals surface area (Å²) >= 11 is 4.38. The lowest BCUT2D eigenvalue weighted by Crippen LogP contribution is -2.43. The molecule has 0 spiro atoms. The van der Waals surface area contributed by atoms with Crippen LogP contribution in [0.2, 0.25) is 0 Å². The third-order valence-corrected chi connectivity index (χ3v) is 1.48. The van der Waals surface area contributed by atoms with Crippen LogP contribution < -0.4 is 28.3 Å². The second-order valence-corrected chi connectivity index (χ2v) is 2.62. The Labute approximate surface area is 92.0 Å². The lowest BCUT2D eigenvalue weighted by Gasteiger charge is -1.95. The fourth-order valence-corrected chi connectivity index (χ4v) is 0.570. The maximum Gasteiger partial charge on any atom is 0.194 e. The van der Waals surface area contributed by atoms with Crippen LogP contribution in [-0.2, 0) is 0 Å². The number of nitrogen functional groups attached to an aromatic ring is 1. The summed E-state index contributed by atoms with van der Waals surface area (Å²) in [5, 5.41) is 0.231. The predicted molar refractivity (Wildman–Crippen MR) is 61.3 cm³/mol. The Hall–Kier alpha value is -1.77. The van der Waals surface area contributed by atoms with Gasteiger partial charge in [-0.05, 0) is 24.4 Å². The minimum atomic E-state index is 0.231. The summed E-state index contributed by atoms with van der Waals surface area (Å²) in [5.41, 5.74) is 10.3. The van der Waals surface area contributed by atoms with Crippen molar-refractivity contribution in [1.29, 1.82) is 0 Å². The number of nitrogens with one attached hydrogen (secondary N) is 2. The number of rotatable bonds is 1. The van der Waals surface area contributed by atoms with Gasteiger partial charge in [-0.1, -0.05) is 0 Å². The standard InChI is InChI=1S/C6H6N2O.CH6N4S/c7-5-2-1-3-8-6(5)4-9;2-4-1(6)5-3/h1-4H,7H2;2-3H2,(H2,4,5,6). The van der Waals surface area contributed by atoms with Crippen molar-refractivity contribution in [2.24, 2.45) is 11.7 Å². The van der Waals surface area contributed by atoms with E-state index in [-0.39, 0.29) is 5.11 Å². The highest BCUT2D eigenvalue weighted by molar-refractivity contribution is 7.80. The Kier molecular flexibility index (Phi) is 6.72. The maximum absolute atomic E-state index is 10.1. The minimum absolute atomic E-state index is 0.231. The Bertz CT molecular complexity index is 325. The second-order valence-electron chi connectivity index (χ2n) is 2.21. The number of hydrazine groups is 2. The summed E-state index contributed by atoms with van der Waals surface area (Å²) in [6.07, 6.45) is 2.16. The Morgan fingerprint density at radius 1 is 1.47 bits per heavy atom. The van der Waals surface area contributed by atoms with E-state index in [2.05, 4.69) is 28.1 Å². The van der Waals surface area contributed by atoms with Gasteiger partial charge in [0.25, 0.3) is 0 Å². The first-order valence-corrected chi connectivity index (χ1v) is 4.19. The van der Waals surface area contributed by atoms with Crippen LogP contribution in [0.4, 0.5) is 5.69 Å². The number of carbonyl (C=O) groups is 1. The first-order chi connectivity index (χ1) is 7.15. The molecular weight excluding hydrogens is 216 g/mol. The van der Waals surface area contributed by atoms with Crippen LogP contribution >= 0.6 is 12.2 Å². The number of anilines is 1. The van der Waals surface area contributed by atoms with E-state index in [1.54, 1.807) is 12.1 Å². The Morgan fingerprint density at radius 3 is 2.33 bits per heavy atom. The van der Waals surface area contributed by atoms with E-state index in [4.69, 9.17) is 17.4 Å². The lowest BCUT2D eigenvalue weighted by atomic mass is 10.3. The highest BCUT2D eigenvalue weighted by Gasteiger charge is 1.92. The molecular formula is C7H12N6OS. The summed E-state index contributed by atoms with van der Waals surface area (Å²) in [7, 11) is 0. The average molecular weight is 228 g/mol. The number of carbonyl (C=O) groups excluding carboxylic acids is 1. The molecule has 0 atom stereocenters. The van der Waals surface area contributed by atoms with Crippen molar-refractivity contribution >= 4 is 29.3 Å². The molecule has 0 amide bonds. The first-order valence-electron chi connectivity index (χ1n) is 3.78. The van der Waals surface area contributed by atoms with E-state index >= 15 is 0 Å². The third-order valence-electron chi connectivity index (χ3n) is 1.25. The highest BCUT2D eigenvalue weighted by Crippen LogP contribution is 2.01. The Balaban J connectivity index is 0.000000288. The smallest absolute Gasteiger partial charge is 0.194 e. The third kappa shape index (κ3) is 5.52. The highest BCUT2D eigenvalue weighted by atomic mass is 32.1. The number of aldehydes is 1. The Morgan fingerprint density at radius 2 is 2.07 bits per heavy atom. The van der Waals surface area contributed by atoms with E-state index in [0.29, 0.717) is 17.7 Å². The van der Waals surface area contributed by atoms with Gasteiger partial charge in [-0.25, -0.2) is 11.7 Å². The van der Waals surface area contributed by atoms with E-state index in [1.807, 2.05) is 0 Å². The van der Waals surface area contributed by atoms with Gasteiger partial charge in [0.15, 0.2) is 11.4 Å². The largest absolute Gasteiger partial charge is 0.397 e. The number of hydrogen-bond acceptors (Lipinski definition) is 6. The molecule has 15 heavy (non-hydrogen) atoms. The second kappa shape index (κ2) is 7.62. The van der Waals surface area contributed by atoms with Gasteiger partial charge in [-0.15, -0.1) is 0 Å². The molecule has 7 nitrogen and oxygen atoms in total. The summed E-state index contributed by atoms with van der Waals surface area (Å²) < 4.78 is 0. The van der Waals surface area contributed by atoms with Crippen LogP contribution in [0.3, 0.4) is 0 Å². The predicted octanol–water partition coefficient (Wildman–Crippen LogP) is -1.33. The monoisotopic (exact) mass is 228 g/mol. The molecule has 0 aliphatic rings. The molecule has 1 aromatic heterocycles. The summed E-state index contributed by atoms with van der Waals surface area (Å²) in [5.74, 6) is 9.50. The molecule has 0 saturated carbocycles. The molecule has 1 heterocycles. The molecule has 8 N–H and O–H groups in total. The lowest BCUT2D eigenvalue weighted by molar-refractivity contribution is 0.112. The van der Waals surface area contributed by atoms with Crippen molar-refractivity contribution in [1.82, 2.24) is 15.8 Å². The van der Waals surface area contributed by atoms with Crippen LogP contribution in [0.5, 0.6) is 0 Å². The average Bonchev–Trinajstić information content (AvgIpc) is 2.29. The van der Waals surface area contributed by atoms with Gasteiger partial charge in [-0.3, -0.25) is 20.6 Å². The summed E-state index contributed by atoms with van der Waals surface area (Å²) in [6.45, 7) is 0. The van der Waals surface area contributed by atoms with Gasteiger partial charge in [0.2, 0.25) is 0 Å². The van der Waals surface area contributed by atoms with Gasteiger partial charge in [0.05, 0.1) is 5.69 Å². The van der Waals surface area contributed by atoms with Gasteiger partial charge in [-0.2, -0.15) is 0 Å². The number of pyridine rings is 1. The molecule has 8 heteroatoms. The molecule has 0 bridgehead atoms. The molecule has 0 aliphatic carbocycles. The van der Waals surface area contributed by atoms with Gasteiger partial charge < -0.3 is 5.73 Å². The van der Waals surface area contributed by atoms with Crippen molar-refractivity contribution in [3.05, 3.63) is 24.0 Å². The number of nitrogens with zero attached hydrogens (tertiary/aromatic N) is 1. The summed E-state index contributed by atoms with van der Waals surface area (Å²) in [4.78, 5) is 13.8. The molecule has 0 radical (unpaired) electrons. The quantitative estimate of drug-likeness (QED) is 0.173. The fraction of sp³-hybridized carbons (Fsp3) is 0. The van der Waals surface area contributed by atoms with E-state index in [1.165, 1.54) is 6.20 Å². The van der Waals surface area contributed by atoms with Crippen molar-refractivity contribution in [3.8, 4) is 0 Å². The number of aromatic nitrogens is 1. The van der Waals surface area contributed by atoms with Gasteiger partial charge in [0.1, 0.15) is 5.69 Å². The van der Waals surface area contributed by atoms with Crippen molar-refractivity contribution in [2.45, 2.75) is 0 Å². The number of hydrogen-bond donors (Lipinski definition) is 5. The zero-order valence-electron chi connectivity index (χ0n) is 7.81. The topological polar surface area (TPSA) is 132 Å². The van der Waals surface area contributed by atoms with Crippen LogP contribution in [0.25, 0.3) is 0 Å². The van der Waals surface area contributed by atoms with E-state index < -0.39 is 0 Å². The molecule has 1 rings (SSSR count). The fourth-order valence-electron chi connectivity index (χ4n) is 0.570. The van der Waals surface area contributed by atoms with Gasteiger partial charge in [0, 0.05) is 6.20 Å². The number of thiocarbonyl (C=S) groups is 1. The molecule has 0 saturated heterocycles. The zero-order chi connectivity index (χ0) is 11.7. The van der Waals surface area contributed by atoms with E-state index in [9.17, 15) is 4.79 Å². The minimum Gasteiger partial charge on any atom is -0.397 e. The normalized spacial score (nSPS) is 8.13. The molecule has 0 fully saturated rings. The van der Waals surface area contributed by atoms with Crippen molar-refractivity contribution in [2.75, 3.05) is 5.73 Å². The molecule has 0 unspecified atom stereocenters. The van der Waals surface area contributed by atoms with Gasteiger partial charge >= 0.3 is 0 Å². The van der Waals surface area contributed by atoms with Crippen LogP contribution in [-0.4, -0.2) is 16.4 Å². The van der Waals surface area contributed by atoms with Crippen LogP contribution in [0.1, 0.15) is 10.5 Å². The molecule has 0 aromatic carbocycles. The first kappa shape index (κ1) is 13.2. The van der Waals surface area contributed by atoms with E-state index in [0.717, 1.165) is 0 Å². The van der Waals surface area contributed by atoms with Crippen LogP contribution in [0.15, 0.2) is 18.3 Å². The maximum atomic E-state index is 10.1. The van der Waals surface area contributed by atoms with Crippen molar-refractivity contribution in [3.63, 3.8) is 0 Å². The van der Waals surface area contributed by atoms with Crippen molar-refractivity contribution < 1.29 is 4.79 Å². The molecule has 0 aliphatic heterocycles.